The summed E-state index contributed by atoms with van der Waals surface area (Å²) in [6.07, 6.45) is -2.45. The average Bonchev–Trinajstić information content (AvgIpc) is 2.37. The van der Waals surface area contributed by atoms with Crippen LogP contribution >= 0.6 is 15.9 Å². The summed E-state index contributed by atoms with van der Waals surface area (Å²) in [6, 6.07) is 3.66. The highest BCUT2D eigenvalue weighted by Gasteiger charge is 2.22. The molecule has 0 aliphatic heterocycles. The van der Waals surface area contributed by atoms with Crippen LogP contribution in [0, 0.1) is 5.82 Å². The van der Waals surface area contributed by atoms with Gasteiger partial charge in [0.15, 0.2) is 0 Å². The monoisotopic (exact) mass is 355 g/mol. The lowest BCUT2D eigenvalue weighted by Gasteiger charge is -2.09. The first-order valence-corrected chi connectivity index (χ1v) is 7.56. The van der Waals surface area contributed by atoms with E-state index in [1.807, 2.05) is 0 Å². The zero-order valence-electron chi connectivity index (χ0n) is 10.4. The molecule has 19 heavy (non-hydrogen) atoms. The number of benzene rings is 1. The third-order valence-corrected chi connectivity index (χ3v) is 4.41. The van der Waals surface area contributed by atoms with Crippen molar-refractivity contribution in [3.05, 3.63) is 34.1 Å². The van der Waals surface area contributed by atoms with Gasteiger partial charge < -0.3 is 0 Å². The fraction of sp³-hybridized carbons (Fsp3) is 0.417. The van der Waals surface area contributed by atoms with E-state index in [0.29, 0.717) is 10.9 Å². The molecule has 0 radical (unpaired) electrons. The van der Waals surface area contributed by atoms with Crippen molar-refractivity contribution in [1.82, 2.24) is 0 Å². The zero-order chi connectivity index (χ0) is 14.6. The minimum Gasteiger partial charge on any atom is -0.235 e. The van der Waals surface area contributed by atoms with Gasteiger partial charge in [0, 0.05) is 10.0 Å². The van der Waals surface area contributed by atoms with E-state index in [1.54, 1.807) is 13.8 Å². The maximum atomic E-state index is 13.6. The van der Waals surface area contributed by atoms with Crippen molar-refractivity contribution in [3.8, 4) is 0 Å². The molecule has 106 valence electrons. The molecular weight excluding hydrogens is 343 g/mol. The summed E-state index contributed by atoms with van der Waals surface area (Å²) in [7, 11) is -1.80. The first-order chi connectivity index (χ1) is 8.86. The third kappa shape index (κ3) is 4.42. The maximum absolute atomic E-state index is 13.6. The second-order valence-electron chi connectivity index (χ2n) is 3.90. The highest BCUT2D eigenvalue weighted by Crippen LogP contribution is 2.20. The Morgan fingerprint density at radius 1 is 1.47 bits per heavy atom. The van der Waals surface area contributed by atoms with Gasteiger partial charge in [-0.2, -0.15) is 4.40 Å². The Balaban J connectivity index is 3.25. The van der Waals surface area contributed by atoms with Crippen molar-refractivity contribution >= 4 is 32.6 Å². The summed E-state index contributed by atoms with van der Waals surface area (Å²) >= 11 is 3.08. The van der Waals surface area contributed by atoms with Crippen molar-refractivity contribution in [1.29, 1.82) is 0 Å². The first kappa shape index (κ1) is 16.4. The van der Waals surface area contributed by atoms with E-state index in [1.165, 1.54) is 12.1 Å². The van der Waals surface area contributed by atoms with Crippen LogP contribution in [0.25, 0.3) is 0 Å². The van der Waals surface area contributed by atoms with Crippen LogP contribution in [0.15, 0.2) is 27.1 Å². The highest BCUT2D eigenvalue weighted by molar-refractivity contribution is 9.10. The lowest BCUT2D eigenvalue weighted by atomic mass is 10.1. The van der Waals surface area contributed by atoms with E-state index in [9.17, 15) is 17.4 Å². The Kier molecular flexibility index (Phi) is 6.19. The van der Waals surface area contributed by atoms with Gasteiger partial charge in [0.05, 0.1) is 5.25 Å². The van der Waals surface area contributed by atoms with E-state index in [-0.39, 0.29) is 10.8 Å². The van der Waals surface area contributed by atoms with E-state index in [2.05, 4.69) is 20.3 Å². The lowest BCUT2D eigenvalue weighted by molar-refractivity contribution is 0.226. The Labute approximate surface area is 120 Å². The number of alkyl halides is 2. The SMILES string of the molecule is CC[C@H](C)S(=O)N=C(c1cc(Br)ccc1F)C(F)F. The van der Waals surface area contributed by atoms with E-state index in [0.717, 1.165) is 6.07 Å². The molecule has 0 fully saturated rings. The molecule has 0 N–H and O–H groups in total. The molecule has 0 saturated carbocycles. The summed E-state index contributed by atoms with van der Waals surface area (Å²) < 4.78 is 55.2. The van der Waals surface area contributed by atoms with Crippen LogP contribution in [-0.4, -0.2) is 21.6 Å². The fourth-order valence-electron chi connectivity index (χ4n) is 1.23. The Bertz CT molecular complexity index is 508. The van der Waals surface area contributed by atoms with E-state index in [4.69, 9.17) is 0 Å². The molecule has 7 heteroatoms. The van der Waals surface area contributed by atoms with Crippen LogP contribution in [0.3, 0.4) is 0 Å². The predicted molar refractivity (Wildman–Crippen MR) is 74.5 cm³/mol. The second-order valence-corrected chi connectivity index (χ2v) is 6.35. The van der Waals surface area contributed by atoms with Crippen LogP contribution in [0.1, 0.15) is 25.8 Å². The molecular formula is C12H13BrF3NOS. The molecule has 0 heterocycles. The van der Waals surface area contributed by atoms with Crippen molar-refractivity contribution < 1.29 is 17.4 Å². The lowest BCUT2D eigenvalue weighted by Crippen LogP contribution is -2.18. The molecule has 1 rings (SSSR count). The molecule has 0 aliphatic carbocycles. The van der Waals surface area contributed by atoms with Gasteiger partial charge in [0.1, 0.15) is 22.5 Å². The summed E-state index contributed by atoms with van der Waals surface area (Å²) in [5.41, 5.74) is -1.11. The van der Waals surface area contributed by atoms with Crippen LogP contribution in [0.4, 0.5) is 13.2 Å². The topological polar surface area (TPSA) is 29.4 Å². The van der Waals surface area contributed by atoms with Gasteiger partial charge in [-0.05, 0) is 31.5 Å². The summed E-state index contributed by atoms with van der Waals surface area (Å²) in [5.74, 6) is -0.816. The largest absolute Gasteiger partial charge is 0.281 e. The van der Waals surface area contributed by atoms with Gasteiger partial charge >= 0.3 is 0 Å². The van der Waals surface area contributed by atoms with E-state index >= 15 is 0 Å². The van der Waals surface area contributed by atoms with Crippen molar-refractivity contribution in [2.24, 2.45) is 4.40 Å². The van der Waals surface area contributed by atoms with Crippen LogP contribution in [0.5, 0.6) is 0 Å². The quantitative estimate of drug-likeness (QED) is 0.731. The molecule has 1 aromatic rings. The van der Waals surface area contributed by atoms with Crippen LogP contribution < -0.4 is 0 Å². The van der Waals surface area contributed by atoms with Crippen LogP contribution in [0.2, 0.25) is 0 Å². The molecule has 0 aromatic heterocycles. The van der Waals surface area contributed by atoms with Crippen molar-refractivity contribution in [3.63, 3.8) is 0 Å². The molecule has 2 nitrogen and oxygen atoms in total. The normalized spacial score (nSPS) is 15.6. The molecule has 0 aliphatic rings. The van der Waals surface area contributed by atoms with Gasteiger partial charge in [0.25, 0.3) is 6.43 Å². The average molecular weight is 356 g/mol. The van der Waals surface area contributed by atoms with Gasteiger partial charge in [-0.25, -0.2) is 17.4 Å². The molecule has 1 unspecified atom stereocenters. The number of nitrogens with zero attached hydrogens (tertiary/aromatic N) is 1. The minimum atomic E-state index is -2.99. The molecule has 2 atom stereocenters. The molecule has 1 aromatic carbocycles. The number of hydrogen-bond donors (Lipinski definition) is 0. The zero-order valence-corrected chi connectivity index (χ0v) is 12.8. The number of hydrogen-bond acceptors (Lipinski definition) is 1. The first-order valence-electron chi connectivity index (χ1n) is 5.59. The van der Waals surface area contributed by atoms with Gasteiger partial charge in [0.2, 0.25) is 0 Å². The summed E-state index contributed by atoms with van der Waals surface area (Å²) in [5, 5.41) is -0.357. The molecule has 0 bridgehead atoms. The van der Waals surface area contributed by atoms with Crippen molar-refractivity contribution in [2.45, 2.75) is 31.9 Å². The second kappa shape index (κ2) is 7.19. The van der Waals surface area contributed by atoms with Crippen molar-refractivity contribution in [2.75, 3.05) is 0 Å². The Hall–Kier alpha value is -0.690. The molecule has 0 amide bonds. The molecule has 0 spiro atoms. The fourth-order valence-corrected chi connectivity index (χ4v) is 2.43. The van der Waals surface area contributed by atoms with E-state index < -0.39 is 28.9 Å². The summed E-state index contributed by atoms with van der Waals surface area (Å²) in [4.78, 5) is 0. The standard InChI is InChI=1S/C12H13BrF3NOS/c1-3-7(2)19(18)17-11(12(15)16)9-6-8(13)4-5-10(9)14/h4-7,12H,3H2,1-2H3/t7-,19?/m0/s1. The maximum Gasteiger partial charge on any atom is 0.281 e. The smallest absolute Gasteiger partial charge is 0.235 e. The number of halogens is 4. The number of rotatable bonds is 5. The van der Waals surface area contributed by atoms with Gasteiger partial charge in [-0.3, -0.25) is 0 Å². The van der Waals surface area contributed by atoms with Gasteiger partial charge in [-0.1, -0.05) is 22.9 Å². The Morgan fingerprint density at radius 2 is 2.11 bits per heavy atom. The van der Waals surface area contributed by atoms with Gasteiger partial charge in [-0.15, -0.1) is 0 Å². The van der Waals surface area contributed by atoms with Crippen LogP contribution in [-0.2, 0) is 11.0 Å². The Morgan fingerprint density at radius 3 is 2.63 bits per heavy atom. The molecule has 0 saturated heterocycles. The summed E-state index contributed by atoms with van der Waals surface area (Å²) in [6.45, 7) is 3.42. The predicted octanol–water partition coefficient (Wildman–Crippen LogP) is 4.10. The third-order valence-electron chi connectivity index (χ3n) is 2.52. The highest BCUT2D eigenvalue weighted by atomic mass is 79.9. The minimum absolute atomic E-state index is 0.332.